The van der Waals surface area contributed by atoms with Crippen molar-refractivity contribution in [3.63, 3.8) is 0 Å². The fraction of sp³-hybridized carbons (Fsp3) is 0.533. The molecule has 1 fully saturated rings. The summed E-state index contributed by atoms with van der Waals surface area (Å²) in [6, 6.07) is 7.36. The van der Waals surface area contributed by atoms with Crippen LogP contribution in [0.4, 0.5) is 0 Å². The van der Waals surface area contributed by atoms with E-state index in [9.17, 15) is 4.79 Å². The molecule has 1 atom stereocenters. The minimum atomic E-state index is -1.52. The van der Waals surface area contributed by atoms with Crippen LogP contribution < -0.4 is 10.2 Å². The van der Waals surface area contributed by atoms with Gasteiger partial charge in [0.15, 0.2) is 0 Å². The molecule has 1 aliphatic heterocycles. The Balaban J connectivity index is 2.10. The second kappa shape index (κ2) is 7.19. The molecule has 1 amide bonds. The minimum absolute atomic E-state index is 0.204. The zero-order valence-corrected chi connectivity index (χ0v) is 14.2. The number of amides is 1. The zero-order chi connectivity index (χ0) is 15.5. The Morgan fingerprint density at radius 2 is 1.71 bits per heavy atom. The highest BCUT2D eigenvalue weighted by molar-refractivity contribution is 6.68. The fourth-order valence-corrected chi connectivity index (χ4v) is 3.26. The molecule has 0 bridgehead atoms. The van der Waals surface area contributed by atoms with Crippen molar-refractivity contribution in [2.45, 2.75) is 36.1 Å². The van der Waals surface area contributed by atoms with Crippen molar-refractivity contribution in [3.05, 3.63) is 35.4 Å². The third-order valence-corrected chi connectivity index (χ3v) is 4.48. The van der Waals surface area contributed by atoms with Crippen LogP contribution >= 0.6 is 34.8 Å². The van der Waals surface area contributed by atoms with Crippen LogP contribution in [0, 0.1) is 6.92 Å². The number of rotatable bonds is 3. The van der Waals surface area contributed by atoms with Gasteiger partial charge < -0.3 is 4.90 Å². The number of nitrogens with one attached hydrogen (secondary N) is 2. The molecular formula is C15H20Cl3N2O+. The fourth-order valence-electron chi connectivity index (χ4n) is 2.63. The van der Waals surface area contributed by atoms with E-state index >= 15 is 0 Å². The Morgan fingerprint density at radius 3 is 2.24 bits per heavy atom. The number of aryl methyl sites for hydroxylation is 1. The molecule has 0 spiro atoms. The van der Waals surface area contributed by atoms with Crippen molar-refractivity contribution >= 4 is 40.7 Å². The Hall–Kier alpha value is -0.480. The third kappa shape index (κ3) is 4.75. The van der Waals surface area contributed by atoms with E-state index in [1.807, 2.05) is 19.1 Å². The Morgan fingerprint density at radius 1 is 1.14 bits per heavy atom. The molecule has 2 N–H and O–H groups in total. The molecule has 1 saturated heterocycles. The highest BCUT2D eigenvalue weighted by Gasteiger charge is 2.42. The summed E-state index contributed by atoms with van der Waals surface area (Å²) < 4.78 is -1.52. The molecule has 1 aromatic carbocycles. The van der Waals surface area contributed by atoms with Gasteiger partial charge in [0.2, 0.25) is 6.17 Å². The molecule has 3 nitrogen and oxygen atoms in total. The van der Waals surface area contributed by atoms with Gasteiger partial charge >= 0.3 is 0 Å². The van der Waals surface area contributed by atoms with E-state index in [-0.39, 0.29) is 5.91 Å². The van der Waals surface area contributed by atoms with E-state index in [2.05, 4.69) is 5.32 Å². The maximum atomic E-state index is 12.4. The number of carbonyl (C=O) groups excluding carboxylic acids is 1. The first-order valence-corrected chi connectivity index (χ1v) is 8.30. The maximum absolute atomic E-state index is 12.4. The molecule has 1 aromatic rings. The van der Waals surface area contributed by atoms with Crippen molar-refractivity contribution in [3.8, 4) is 0 Å². The summed E-state index contributed by atoms with van der Waals surface area (Å²) in [5.74, 6) is -0.204. The standard InChI is InChI=1S/C15H19Cl3N2O/c1-11-5-7-12(8-6-11)13(21)19-14(15(16,17)18)20-9-3-2-4-10-20/h5-8,14H,2-4,9-10H2,1H3,(H,19,21)/p+1/t14-/m0/s1. The normalized spacial score (nSPS) is 18.3. The van der Waals surface area contributed by atoms with E-state index in [0.717, 1.165) is 36.4 Å². The van der Waals surface area contributed by atoms with E-state index < -0.39 is 9.96 Å². The first-order valence-electron chi connectivity index (χ1n) is 7.17. The van der Waals surface area contributed by atoms with Crippen LogP contribution in [0.2, 0.25) is 0 Å². The molecule has 21 heavy (non-hydrogen) atoms. The predicted molar refractivity (Wildman–Crippen MR) is 87.3 cm³/mol. The number of halogens is 3. The van der Waals surface area contributed by atoms with Crippen molar-refractivity contribution in [2.75, 3.05) is 13.1 Å². The smallest absolute Gasteiger partial charge is 0.262 e. The van der Waals surface area contributed by atoms with Gasteiger partial charge in [0.05, 0.1) is 13.1 Å². The number of piperidine rings is 1. The average molecular weight is 351 g/mol. The van der Waals surface area contributed by atoms with Gasteiger partial charge in [-0.1, -0.05) is 52.5 Å². The predicted octanol–water partition coefficient (Wildman–Crippen LogP) is 2.49. The van der Waals surface area contributed by atoms with Crippen LogP contribution in [0.3, 0.4) is 0 Å². The van der Waals surface area contributed by atoms with Crippen molar-refractivity contribution in [2.24, 2.45) is 0 Å². The topological polar surface area (TPSA) is 33.5 Å². The van der Waals surface area contributed by atoms with Gasteiger partial charge in [0, 0.05) is 5.56 Å². The molecule has 1 aliphatic rings. The van der Waals surface area contributed by atoms with E-state index in [0.29, 0.717) is 5.56 Å². The van der Waals surface area contributed by atoms with Gasteiger partial charge in [-0.25, -0.2) is 0 Å². The summed E-state index contributed by atoms with van der Waals surface area (Å²) in [5.41, 5.74) is 1.68. The summed E-state index contributed by atoms with van der Waals surface area (Å²) in [4.78, 5) is 13.5. The zero-order valence-electron chi connectivity index (χ0n) is 12.0. The average Bonchev–Trinajstić information content (AvgIpc) is 2.45. The highest BCUT2D eigenvalue weighted by atomic mass is 35.6. The first-order chi connectivity index (χ1) is 9.88. The molecular weight excluding hydrogens is 331 g/mol. The summed E-state index contributed by atoms with van der Waals surface area (Å²) in [6.07, 6.45) is 2.85. The van der Waals surface area contributed by atoms with Crippen molar-refractivity contribution in [1.29, 1.82) is 0 Å². The molecule has 0 unspecified atom stereocenters. The van der Waals surface area contributed by atoms with Crippen LogP contribution in [-0.4, -0.2) is 29.0 Å². The Kier molecular flexibility index (Phi) is 5.78. The molecule has 2 rings (SSSR count). The number of hydrogen-bond acceptors (Lipinski definition) is 1. The van der Waals surface area contributed by atoms with Crippen LogP contribution in [0.15, 0.2) is 24.3 Å². The lowest BCUT2D eigenvalue weighted by molar-refractivity contribution is -0.931. The summed E-state index contributed by atoms with van der Waals surface area (Å²) in [5, 5.41) is 2.89. The molecule has 0 saturated carbocycles. The number of benzene rings is 1. The number of carbonyl (C=O) groups is 1. The van der Waals surface area contributed by atoms with Crippen LogP contribution in [-0.2, 0) is 0 Å². The third-order valence-electron chi connectivity index (χ3n) is 3.82. The number of alkyl halides is 3. The molecule has 0 aromatic heterocycles. The lowest BCUT2D eigenvalue weighted by Gasteiger charge is -2.35. The van der Waals surface area contributed by atoms with E-state index in [1.54, 1.807) is 12.1 Å². The minimum Gasteiger partial charge on any atom is -0.312 e. The van der Waals surface area contributed by atoms with Gasteiger partial charge in [0.25, 0.3) is 9.70 Å². The van der Waals surface area contributed by atoms with Gasteiger partial charge in [-0.15, -0.1) is 0 Å². The largest absolute Gasteiger partial charge is 0.312 e. The van der Waals surface area contributed by atoms with Crippen LogP contribution in [0.25, 0.3) is 0 Å². The second-order valence-corrected chi connectivity index (χ2v) is 7.90. The second-order valence-electron chi connectivity index (χ2n) is 5.53. The lowest BCUT2D eigenvalue weighted by Crippen LogP contribution is -3.20. The molecule has 0 radical (unpaired) electrons. The van der Waals surface area contributed by atoms with Gasteiger partial charge in [0.1, 0.15) is 0 Å². The summed E-state index contributed by atoms with van der Waals surface area (Å²) >= 11 is 18.3. The number of likely N-dealkylation sites (tertiary alicyclic amines) is 1. The lowest BCUT2D eigenvalue weighted by atomic mass is 10.1. The first kappa shape index (κ1) is 16.9. The molecule has 6 heteroatoms. The van der Waals surface area contributed by atoms with E-state index in [1.165, 1.54) is 6.42 Å². The van der Waals surface area contributed by atoms with Crippen molar-refractivity contribution < 1.29 is 9.69 Å². The molecule has 116 valence electrons. The monoisotopic (exact) mass is 349 g/mol. The van der Waals surface area contributed by atoms with E-state index in [4.69, 9.17) is 34.8 Å². The van der Waals surface area contributed by atoms with Gasteiger partial charge in [-0.3, -0.25) is 10.1 Å². The molecule has 0 aliphatic carbocycles. The van der Waals surface area contributed by atoms with Gasteiger partial charge in [-0.05, 0) is 38.3 Å². The highest BCUT2D eigenvalue weighted by Crippen LogP contribution is 2.28. The summed E-state index contributed by atoms with van der Waals surface area (Å²) in [6.45, 7) is 3.79. The van der Waals surface area contributed by atoms with Gasteiger partial charge in [-0.2, -0.15) is 0 Å². The SMILES string of the molecule is Cc1ccc(C(=O)N[C@@H]([NH+]2CCCCC2)C(Cl)(Cl)Cl)cc1. The number of quaternary nitrogens is 1. The van der Waals surface area contributed by atoms with Crippen LogP contribution in [0.1, 0.15) is 35.2 Å². The Labute approximate surface area is 140 Å². The van der Waals surface area contributed by atoms with Crippen molar-refractivity contribution in [1.82, 2.24) is 5.32 Å². The molecule has 1 heterocycles. The maximum Gasteiger partial charge on any atom is 0.262 e. The quantitative estimate of drug-likeness (QED) is 0.807. The summed E-state index contributed by atoms with van der Waals surface area (Å²) in [7, 11) is 0. The Bertz CT molecular complexity index is 479. The van der Waals surface area contributed by atoms with Crippen LogP contribution in [0.5, 0.6) is 0 Å². The number of hydrogen-bond donors (Lipinski definition) is 2.